The molecule has 0 saturated carbocycles. The highest BCUT2D eigenvalue weighted by Gasteiger charge is 2.37. The SMILES string of the molecule is CCOc1cc(/C=C2\C(=O)NC(=O)N(c3ccccc3C)C2=O)c(Br)cc1OCc1ccccc1F. The summed E-state index contributed by atoms with van der Waals surface area (Å²) < 4.78 is 26.0. The van der Waals surface area contributed by atoms with Crippen molar-refractivity contribution in [1.82, 2.24) is 5.32 Å². The third kappa shape index (κ3) is 5.16. The number of hydrogen-bond donors (Lipinski definition) is 1. The first-order chi connectivity index (χ1) is 17.3. The number of para-hydroxylation sites is 1. The van der Waals surface area contributed by atoms with Gasteiger partial charge in [-0.15, -0.1) is 0 Å². The number of barbiturate groups is 1. The van der Waals surface area contributed by atoms with Crippen LogP contribution in [0.25, 0.3) is 6.08 Å². The van der Waals surface area contributed by atoms with Gasteiger partial charge in [0.05, 0.1) is 12.3 Å². The molecule has 3 aromatic carbocycles. The second-order valence-electron chi connectivity index (χ2n) is 7.88. The summed E-state index contributed by atoms with van der Waals surface area (Å²) >= 11 is 3.45. The number of urea groups is 1. The number of amides is 4. The van der Waals surface area contributed by atoms with Gasteiger partial charge in [-0.2, -0.15) is 0 Å². The minimum absolute atomic E-state index is 0.0198. The number of nitrogens with zero attached hydrogens (tertiary/aromatic N) is 1. The first-order valence-electron chi connectivity index (χ1n) is 11.1. The van der Waals surface area contributed by atoms with Crippen LogP contribution in [-0.4, -0.2) is 24.5 Å². The Morgan fingerprint density at radius 3 is 2.42 bits per heavy atom. The Balaban J connectivity index is 1.68. The van der Waals surface area contributed by atoms with Crippen molar-refractivity contribution < 1.29 is 28.2 Å². The normalized spacial score (nSPS) is 14.7. The zero-order valence-corrected chi connectivity index (χ0v) is 21.1. The molecule has 0 bridgehead atoms. The molecule has 3 aromatic rings. The van der Waals surface area contributed by atoms with E-state index < -0.39 is 17.8 Å². The molecule has 1 aliphatic heterocycles. The Morgan fingerprint density at radius 2 is 1.69 bits per heavy atom. The van der Waals surface area contributed by atoms with Gasteiger partial charge in [0.1, 0.15) is 18.0 Å². The Morgan fingerprint density at radius 1 is 1.00 bits per heavy atom. The topological polar surface area (TPSA) is 84.9 Å². The van der Waals surface area contributed by atoms with Gasteiger partial charge in [-0.05, 0) is 55.3 Å². The molecule has 0 aromatic heterocycles. The highest BCUT2D eigenvalue weighted by molar-refractivity contribution is 9.10. The van der Waals surface area contributed by atoms with Gasteiger partial charge >= 0.3 is 6.03 Å². The van der Waals surface area contributed by atoms with Crippen LogP contribution in [0, 0.1) is 12.7 Å². The van der Waals surface area contributed by atoms with Gasteiger partial charge in [0.25, 0.3) is 11.8 Å². The number of rotatable bonds is 7. The predicted octanol–water partition coefficient (Wildman–Crippen LogP) is 5.54. The number of nitrogens with one attached hydrogen (secondary N) is 1. The standard InChI is InChI=1S/C27H22BrFN2O5/c1-3-35-23-13-18(20(28)14-24(23)36-15-17-9-5-6-10-21(17)29)12-19-25(32)30-27(34)31(26(19)33)22-11-7-4-8-16(22)2/h4-14H,3,15H2,1-2H3,(H,30,32,34)/b19-12+. The van der Waals surface area contributed by atoms with Crippen molar-refractivity contribution in [2.75, 3.05) is 11.5 Å². The lowest BCUT2D eigenvalue weighted by Gasteiger charge is -2.27. The lowest BCUT2D eigenvalue weighted by Crippen LogP contribution is -2.54. The van der Waals surface area contributed by atoms with Gasteiger partial charge in [0.15, 0.2) is 11.5 Å². The Hall–Kier alpha value is -3.98. The number of imide groups is 2. The van der Waals surface area contributed by atoms with Crippen LogP contribution in [0.1, 0.15) is 23.6 Å². The third-order valence-electron chi connectivity index (χ3n) is 5.46. The molecular formula is C27H22BrFN2O5. The number of halogens is 2. The Bertz CT molecular complexity index is 1390. The van der Waals surface area contributed by atoms with Gasteiger partial charge in [-0.25, -0.2) is 14.1 Å². The molecule has 1 saturated heterocycles. The van der Waals surface area contributed by atoms with Crippen LogP contribution in [0.3, 0.4) is 0 Å². The van der Waals surface area contributed by atoms with Crippen LogP contribution in [0.5, 0.6) is 11.5 Å². The average Bonchev–Trinajstić information content (AvgIpc) is 2.84. The first-order valence-corrected chi connectivity index (χ1v) is 11.9. The summed E-state index contributed by atoms with van der Waals surface area (Å²) in [5, 5.41) is 2.22. The quantitative estimate of drug-likeness (QED) is 0.307. The van der Waals surface area contributed by atoms with Gasteiger partial charge in [-0.3, -0.25) is 14.9 Å². The largest absolute Gasteiger partial charge is 0.490 e. The van der Waals surface area contributed by atoms with E-state index in [1.807, 2.05) is 0 Å². The van der Waals surface area contributed by atoms with E-state index in [2.05, 4.69) is 21.2 Å². The molecule has 0 aliphatic carbocycles. The van der Waals surface area contributed by atoms with Crippen molar-refractivity contribution in [3.8, 4) is 11.5 Å². The summed E-state index contributed by atoms with van der Waals surface area (Å²) in [5.41, 5.74) is 1.69. The minimum atomic E-state index is -0.817. The molecule has 36 heavy (non-hydrogen) atoms. The fraction of sp³-hybridized carbons (Fsp3) is 0.148. The van der Waals surface area contributed by atoms with Crippen molar-refractivity contribution in [1.29, 1.82) is 0 Å². The zero-order valence-electron chi connectivity index (χ0n) is 19.5. The number of benzene rings is 3. The smallest absolute Gasteiger partial charge is 0.335 e. The number of carbonyl (C=O) groups excluding carboxylic acids is 3. The van der Waals surface area contributed by atoms with Gasteiger partial charge in [0, 0.05) is 10.0 Å². The van der Waals surface area contributed by atoms with Crippen molar-refractivity contribution in [3.05, 3.63) is 93.2 Å². The van der Waals surface area contributed by atoms with E-state index in [-0.39, 0.29) is 18.0 Å². The van der Waals surface area contributed by atoms with Crippen LogP contribution >= 0.6 is 15.9 Å². The molecule has 1 fully saturated rings. The van der Waals surface area contributed by atoms with Gasteiger partial charge in [0.2, 0.25) is 0 Å². The lowest BCUT2D eigenvalue weighted by molar-refractivity contribution is -0.122. The van der Waals surface area contributed by atoms with Crippen LogP contribution < -0.4 is 19.7 Å². The van der Waals surface area contributed by atoms with E-state index in [1.54, 1.807) is 68.4 Å². The molecule has 0 spiro atoms. The summed E-state index contributed by atoms with van der Waals surface area (Å²) in [6.45, 7) is 3.86. The number of carbonyl (C=O) groups is 3. The highest BCUT2D eigenvalue weighted by Crippen LogP contribution is 2.36. The highest BCUT2D eigenvalue weighted by atomic mass is 79.9. The molecule has 1 aliphatic rings. The molecule has 1 heterocycles. The van der Waals surface area contributed by atoms with Crippen LogP contribution in [0.4, 0.5) is 14.9 Å². The zero-order chi connectivity index (χ0) is 25.8. The maximum absolute atomic E-state index is 14.0. The fourth-order valence-corrected chi connectivity index (χ4v) is 4.10. The molecular weight excluding hydrogens is 531 g/mol. The summed E-state index contributed by atoms with van der Waals surface area (Å²) in [4.78, 5) is 39.3. The third-order valence-corrected chi connectivity index (χ3v) is 6.15. The Labute approximate surface area is 215 Å². The van der Waals surface area contributed by atoms with Gasteiger partial charge in [-0.1, -0.05) is 52.3 Å². The van der Waals surface area contributed by atoms with E-state index in [1.165, 1.54) is 12.1 Å². The van der Waals surface area contributed by atoms with Crippen molar-refractivity contribution in [2.24, 2.45) is 0 Å². The Kier molecular flexibility index (Phi) is 7.49. The average molecular weight is 553 g/mol. The molecule has 4 rings (SSSR count). The molecule has 184 valence electrons. The van der Waals surface area contributed by atoms with E-state index in [9.17, 15) is 18.8 Å². The fourth-order valence-electron chi connectivity index (χ4n) is 3.66. The number of hydrogen-bond acceptors (Lipinski definition) is 5. The summed E-state index contributed by atoms with van der Waals surface area (Å²) in [7, 11) is 0. The molecule has 9 heteroatoms. The van der Waals surface area contributed by atoms with Crippen LogP contribution in [0.2, 0.25) is 0 Å². The van der Waals surface area contributed by atoms with E-state index >= 15 is 0 Å². The van der Waals surface area contributed by atoms with E-state index in [0.29, 0.717) is 45.0 Å². The monoisotopic (exact) mass is 552 g/mol. The molecule has 7 nitrogen and oxygen atoms in total. The number of ether oxygens (including phenoxy) is 2. The maximum Gasteiger partial charge on any atom is 0.335 e. The summed E-state index contributed by atoms with van der Waals surface area (Å²) in [5.74, 6) is -1.24. The number of anilines is 1. The summed E-state index contributed by atoms with van der Waals surface area (Å²) in [6.07, 6.45) is 1.38. The molecule has 4 amide bonds. The second-order valence-corrected chi connectivity index (χ2v) is 8.73. The molecule has 1 N–H and O–H groups in total. The van der Waals surface area contributed by atoms with Crippen LogP contribution in [-0.2, 0) is 16.2 Å². The van der Waals surface area contributed by atoms with Crippen molar-refractivity contribution in [2.45, 2.75) is 20.5 Å². The van der Waals surface area contributed by atoms with Crippen LogP contribution in [0.15, 0.2) is 70.7 Å². The number of aryl methyl sites for hydroxylation is 1. The van der Waals surface area contributed by atoms with E-state index in [4.69, 9.17) is 9.47 Å². The maximum atomic E-state index is 14.0. The molecule has 0 atom stereocenters. The molecule has 0 radical (unpaired) electrons. The van der Waals surface area contributed by atoms with Crippen molar-refractivity contribution >= 4 is 45.5 Å². The van der Waals surface area contributed by atoms with Gasteiger partial charge < -0.3 is 9.47 Å². The summed E-state index contributed by atoms with van der Waals surface area (Å²) in [6, 6.07) is 15.6. The predicted molar refractivity (Wildman–Crippen MR) is 136 cm³/mol. The molecule has 0 unspecified atom stereocenters. The van der Waals surface area contributed by atoms with Crippen molar-refractivity contribution in [3.63, 3.8) is 0 Å². The lowest BCUT2D eigenvalue weighted by atomic mass is 10.1. The first kappa shape index (κ1) is 25.1. The minimum Gasteiger partial charge on any atom is -0.490 e. The second kappa shape index (κ2) is 10.7. The van der Waals surface area contributed by atoms with E-state index in [0.717, 1.165) is 4.90 Å².